The summed E-state index contributed by atoms with van der Waals surface area (Å²) in [5.74, 6) is 0.542. The van der Waals surface area contributed by atoms with Crippen LogP contribution >= 0.6 is 0 Å². The van der Waals surface area contributed by atoms with Crippen LogP contribution in [0.25, 0.3) is 0 Å². The van der Waals surface area contributed by atoms with Crippen LogP contribution < -0.4 is 4.74 Å². The van der Waals surface area contributed by atoms with Gasteiger partial charge in [0.2, 0.25) is 0 Å². The lowest BCUT2D eigenvalue weighted by Crippen LogP contribution is -2.07. The number of benzene rings is 1. The standard InChI is InChI=1S/C10H12F2O/c1-7-4-3-5-9(8(7)2)13-6-10(11)12/h3-5,10H,6H2,1-2H3. The lowest BCUT2D eigenvalue weighted by molar-refractivity contribution is 0.0815. The summed E-state index contributed by atoms with van der Waals surface area (Å²) in [4.78, 5) is 0. The van der Waals surface area contributed by atoms with Crippen molar-refractivity contribution in [3.05, 3.63) is 29.3 Å². The smallest absolute Gasteiger partial charge is 0.272 e. The number of aryl methyl sites for hydroxylation is 1. The summed E-state index contributed by atoms with van der Waals surface area (Å²) >= 11 is 0. The van der Waals surface area contributed by atoms with Crippen molar-refractivity contribution in [2.24, 2.45) is 0 Å². The third kappa shape index (κ3) is 2.68. The molecule has 3 heteroatoms. The first kappa shape index (κ1) is 9.96. The van der Waals surface area contributed by atoms with E-state index in [4.69, 9.17) is 4.74 Å². The normalized spacial score (nSPS) is 10.5. The molecule has 0 saturated heterocycles. The molecule has 0 atom stereocenters. The van der Waals surface area contributed by atoms with E-state index < -0.39 is 13.0 Å². The fraction of sp³-hybridized carbons (Fsp3) is 0.400. The quantitative estimate of drug-likeness (QED) is 0.705. The van der Waals surface area contributed by atoms with Crippen molar-refractivity contribution in [3.63, 3.8) is 0 Å². The molecule has 1 aromatic carbocycles. The van der Waals surface area contributed by atoms with E-state index in [9.17, 15) is 8.78 Å². The van der Waals surface area contributed by atoms with Gasteiger partial charge < -0.3 is 4.74 Å². The third-order valence-corrected chi connectivity index (χ3v) is 1.92. The van der Waals surface area contributed by atoms with Gasteiger partial charge in [0.15, 0.2) is 0 Å². The maximum Gasteiger partial charge on any atom is 0.272 e. The molecule has 0 fully saturated rings. The van der Waals surface area contributed by atoms with Crippen LogP contribution in [0.1, 0.15) is 11.1 Å². The van der Waals surface area contributed by atoms with Crippen LogP contribution in [0.5, 0.6) is 5.75 Å². The summed E-state index contributed by atoms with van der Waals surface area (Å²) in [6, 6.07) is 5.42. The highest BCUT2D eigenvalue weighted by Crippen LogP contribution is 2.20. The number of hydrogen-bond donors (Lipinski definition) is 0. The molecule has 0 N–H and O–H groups in total. The number of rotatable bonds is 3. The topological polar surface area (TPSA) is 9.23 Å². The van der Waals surface area contributed by atoms with Crippen LogP contribution in [0.15, 0.2) is 18.2 Å². The molecule has 0 aliphatic rings. The van der Waals surface area contributed by atoms with Gasteiger partial charge >= 0.3 is 0 Å². The summed E-state index contributed by atoms with van der Waals surface area (Å²) in [6.45, 7) is 3.24. The molecule has 0 amide bonds. The van der Waals surface area contributed by atoms with E-state index >= 15 is 0 Å². The third-order valence-electron chi connectivity index (χ3n) is 1.92. The Bertz CT molecular complexity index is 284. The fourth-order valence-electron chi connectivity index (χ4n) is 1.03. The predicted octanol–water partition coefficient (Wildman–Crippen LogP) is 2.95. The highest BCUT2D eigenvalue weighted by atomic mass is 19.3. The molecule has 0 spiro atoms. The van der Waals surface area contributed by atoms with Gasteiger partial charge in [0, 0.05) is 0 Å². The van der Waals surface area contributed by atoms with Gasteiger partial charge in [0.25, 0.3) is 6.43 Å². The highest BCUT2D eigenvalue weighted by Gasteiger charge is 2.06. The van der Waals surface area contributed by atoms with Crippen molar-refractivity contribution in [2.75, 3.05) is 6.61 Å². The largest absolute Gasteiger partial charge is 0.487 e. The van der Waals surface area contributed by atoms with E-state index in [0.29, 0.717) is 5.75 Å². The molecule has 0 aromatic heterocycles. The Hall–Kier alpha value is -1.12. The van der Waals surface area contributed by atoms with E-state index in [1.54, 1.807) is 12.1 Å². The first-order valence-electron chi connectivity index (χ1n) is 4.08. The first-order valence-corrected chi connectivity index (χ1v) is 4.08. The SMILES string of the molecule is Cc1cccc(OCC(F)F)c1C. The van der Waals surface area contributed by atoms with Gasteiger partial charge in [0.1, 0.15) is 12.4 Å². The van der Waals surface area contributed by atoms with Crippen molar-refractivity contribution in [2.45, 2.75) is 20.3 Å². The predicted molar refractivity (Wildman–Crippen MR) is 47.4 cm³/mol. The zero-order valence-electron chi connectivity index (χ0n) is 7.68. The summed E-state index contributed by atoms with van der Waals surface area (Å²) in [5.41, 5.74) is 1.97. The van der Waals surface area contributed by atoms with Crippen LogP contribution in [0.2, 0.25) is 0 Å². The Morgan fingerprint density at radius 2 is 2.00 bits per heavy atom. The molecule has 13 heavy (non-hydrogen) atoms. The lowest BCUT2D eigenvalue weighted by Gasteiger charge is -2.09. The molecular weight excluding hydrogens is 174 g/mol. The van der Waals surface area contributed by atoms with Crippen LogP contribution in [-0.4, -0.2) is 13.0 Å². The number of hydrogen-bond acceptors (Lipinski definition) is 1. The van der Waals surface area contributed by atoms with Gasteiger partial charge in [-0.05, 0) is 31.0 Å². The molecule has 0 aliphatic heterocycles. The van der Waals surface area contributed by atoms with E-state index in [-0.39, 0.29) is 0 Å². The maximum absolute atomic E-state index is 11.8. The minimum Gasteiger partial charge on any atom is -0.487 e. The molecule has 1 rings (SSSR count). The van der Waals surface area contributed by atoms with Gasteiger partial charge in [0.05, 0.1) is 0 Å². The second-order valence-corrected chi connectivity index (χ2v) is 2.90. The van der Waals surface area contributed by atoms with Crippen molar-refractivity contribution < 1.29 is 13.5 Å². The van der Waals surface area contributed by atoms with Crippen molar-refractivity contribution >= 4 is 0 Å². The van der Waals surface area contributed by atoms with E-state index in [1.165, 1.54) is 0 Å². The number of halogens is 2. The zero-order chi connectivity index (χ0) is 9.84. The maximum atomic E-state index is 11.8. The minimum atomic E-state index is -2.42. The fourth-order valence-corrected chi connectivity index (χ4v) is 1.03. The summed E-state index contributed by atoms with van der Waals surface area (Å²) in [6.07, 6.45) is -2.42. The Balaban J connectivity index is 2.71. The molecule has 1 aromatic rings. The van der Waals surface area contributed by atoms with E-state index in [2.05, 4.69) is 0 Å². The molecule has 0 heterocycles. The van der Waals surface area contributed by atoms with Crippen molar-refractivity contribution in [3.8, 4) is 5.75 Å². The molecular formula is C10H12F2O. The molecule has 0 bridgehead atoms. The van der Waals surface area contributed by atoms with Gasteiger partial charge in [-0.15, -0.1) is 0 Å². The molecule has 1 nitrogen and oxygen atoms in total. The first-order chi connectivity index (χ1) is 6.11. The van der Waals surface area contributed by atoms with Crippen LogP contribution in [0, 0.1) is 13.8 Å². The van der Waals surface area contributed by atoms with Crippen molar-refractivity contribution in [1.29, 1.82) is 0 Å². The lowest BCUT2D eigenvalue weighted by atomic mass is 10.1. The average Bonchev–Trinajstić information content (AvgIpc) is 2.07. The average molecular weight is 186 g/mol. The number of alkyl halides is 2. The Labute approximate surface area is 76.3 Å². The summed E-state index contributed by atoms with van der Waals surface area (Å²) < 4.78 is 28.6. The van der Waals surface area contributed by atoms with Crippen LogP contribution in [0.4, 0.5) is 8.78 Å². The zero-order valence-corrected chi connectivity index (χ0v) is 7.68. The highest BCUT2D eigenvalue weighted by molar-refractivity contribution is 5.38. The van der Waals surface area contributed by atoms with E-state index in [0.717, 1.165) is 11.1 Å². The Morgan fingerprint density at radius 3 is 2.62 bits per heavy atom. The van der Waals surface area contributed by atoms with Gasteiger partial charge in [-0.1, -0.05) is 12.1 Å². The molecule has 0 aliphatic carbocycles. The molecule has 0 saturated carbocycles. The van der Waals surface area contributed by atoms with Gasteiger partial charge in [-0.2, -0.15) is 0 Å². The van der Waals surface area contributed by atoms with Crippen molar-refractivity contribution in [1.82, 2.24) is 0 Å². The summed E-state index contributed by atoms with van der Waals surface area (Å²) in [7, 11) is 0. The minimum absolute atomic E-state index is 0.537. The second-order valence-electron chi connectivity index (χ2n) is 2.90. The van der Waals surface area contributed by atoms with Crippen LogP contribution in [-0.2, 0) is 0 Å². The second kappa shape index (κ2) is 4.21. The van der Waals surface area contributed by atoms with E-state index in [1.807, 2.05) is 19.9 Å². The van der Waals surface area contributed by atoms with Gasteiger partial charge in [-0.25, -0.2) is 8.78 Å². The number of ether oxygens (including phenoxy) is 1. The monoisotopic (exact) mass is 186 g/mol. The summed E-state index contributed by atoms with van der Waals surface area (Å²) in [5, 5.41) is 0. The molecule has 72 valence electrons. The Morgan fingerprint density at radius 1 is 1.31 bits per heavy atom. The Kier molecular flexibility index (Phi) is 3.23. The molecule has 0 radical (unpaired) electrons. The molecule has 0 unspecified atom stereocenters. The van der Waals surface area contributed by atoms with Crippen LogP contribution in [0.3, 0.4) is 0 Å². The van der Waals surface area contributed by atoms with Gasteiger partial charge in [-0.3, -0.25) is 0 Å².